The van der Waals surface area contributed by atoms with Gasteiger partial charge in [-0.3, -0.25) is 9.48 Å². The number of piperidine rings is 1. The number of halogens is 1. The average molecular weight is 301 g/mol. The van der Waals surface area contributed by atoms with E-state index in [1.54, 1.807) is 4.68 Å². The smallest absolute Gasteiger partial charge is 0.269 e. The Morgan fingerprint density at radius 2 is 2.00 bits per heavy atom. The zero-order valence-electron chi connectivity index (χ0n) is 12.7. The number of hydrogen-bond donors (Lipinski definition) is 2. The summed E-state index contributed by atoms with van der Waals surface area (Å²) in [7, 11) is 1.83. The fraction of sp³-hybridized carbons (Fsp3) is 0.714. The minimum Gasteiger partial charge on any atom is -0.348 e. The molecule has 5 nitrogen and oxygen atoms in total. The molecule has 0 atom stereocenters. The Bertz CT molecular complexity index is 458. The van der Waals surface area contributed by atoms with Crippen molar-refractivity contribution in [2.24, 2.45) is 7.05 Å². The summed E-state index contributed by atoms with van der Waals surface area (Å²) in [6, 6.07) is 2.18. The van der Waals surface area contributed by atoms with Gasteiger partial charge >= 0.3 is 0 Å². The van der Waals surface area contributed by atoms with E-state index in [0.29, 0.717) is 5.69 Å². The number of nitrogens with zero attached hydrogens (tertiary/aromatic N) is 2. The normalized spacial score (nSPS) is 16.6. The van der Waals surface area contributed by atoms with Gasteiger partial charge in [-0.1, -0.05) is 20.8 Å². The fourth-order valence-corrected chi connectivity index (χ4v) is 2.27. The van der Waals surface area contributed by atoms with Crippen molar-refractivity contribution in [2.45, 2.75) is 45.1 Å². The van der Waals surface area contributed by atoms with Gasteiger partial charge in [0.05, 0.1) is 5.69 Å². The van der Waals surface area contributed by atoms with Crippen molar-refractivity contribution in [1.29, 1.82) is 0 Å². The maximum atomic E-state index is 12.3. The molecule has 0 spiro atoms. The van der Waals surface area contributed by atoms with Gasteiger partial charge < -0.3 is 10.6 Å². The molecule has 1 fully saturated rings. The van der Waals surface area contributed by atoms with Crippen molar-refractivity contribution in [2.75, 3.05) is 13.1 Å². The van der Waals surface area contributed by atoms with E-state index in [-0.39, 0.29) is 29.8 Å². The summed E-state index contributed by atoms with van der Waals surface area (Å²) < 4.78 is 1.68. The minimum atomic E-state index is -0.0367. The number of aromatic nitrogens is 2. The zero-order chi connectivity index (χ0) is 14.0. The van der Waals surface area contributed by atoms with Crippen LogP contribution in [0.1, 0.15) is 49.8 Å². The molecule has 114 valence electrons. The second-order valence-corrected chi connectivity index (χ2v) is 6.29. The Balaban J connectivity index is 0.00000200. The Hall–Kier alpha value is -1.07. The van der Waals surface area contributed by atoms with Crippen molar-refractivity contribution in [3.63, 3.8) is 0 Å². The number of aryl methyl sites for hydroxylation is 1. The third-order valence-corrected chi connectivity index (χ3v) is 3.56. The molecule has 0 bridgehead atoms. The van der Waals surface area contributed by atoms with E-state index < -0.39 is 0 Å². The summed E-state index contributed by atoms with van der Waals surface area (Å²) in [6.45, 7) is 8.25. The lowest BCUT2D eigenvalue weighted by Crippen LogP contribution is -2.43. The quantitative estimate of drug-likeness (QED) is 0.872. The maximum Gasteiger partial charge on any atom is 0.269 e. The van der Waals surface area contributed by atoms with Crippen LogP contribution in [-0.4, -0.2) is 34.8 Å². The van der Waals surface area contributed by atoms with Crippen LogP contribution in [0, 0.1) is 0 Å². The van der Waals surface area contributed by atoms with Gasteiger partial charge in [0.25, 0.3) is 5.91 Å². The van der Waals surface area contributed by atoms with Crippen LogP contribution in [0.5, 0.6) is 0 Å². The Kier molecular flexibility index (Phi) is 5.59. The van der Waals surface area contributed by atoms with Crippen LogP contribution in [0.2, 0.25) is 0 Å². The maximum absolute atomic E-state index is 12.3. The lowest BCUT2D eigenvalue weighted by Gasteiger charge is -2.23. The van der Waals surface area contributed by atoms with E-state index in [2.05, 4.69) is 36.5 Å². The zero-order valence-corrected chi connectivity index (χ0v) is 13.5. The Morgan fingerprint density at radius 3 is 2.50 bits per heavy atom. The highest BCUT2D eigenvalue weighted by molar-refractivity contribution is 5.92. The SMILES string of the molecule is Cl.Cn1nc(C(C)(C)C)cc1C(=O)NC1CCNCC1. The Morgan fingerprint density at radius 1 is 1.40 bits per heavy atom. The molecule has 0 aromatic carbocycles. The average Bonchev–Trinajstić information content (AvgIpc) is 2.72. The second kappa shape index (κ2) is 6.59. The first-order chi connectivity index (χ1) is 8.88. The summed E-state index contributed by atoms with van der Waals surface area (Å²) in [6.07, 6.45) is 1.99. The third kappa shape index (κ3) is 3.96. The van der Waals surface area contributed by atoms with Crippen LogP contribution in [-0.2, 0) is 12.5 Å². The molecule has 1 saturated heterocycles. The Labute approximate surface area is 126 Å². The largest absolute Gasteiger partial charge is 0.348 e. The van der Waals surface area contributed by atoms with Gasteiger partial charge in [-0.25, -0.2) is 0 Å². The van der Waals surface area contributed by atoms with Crippen LogP contribution in [0.15, 0.2) is 6.07 Å². The van der Waals surface area contributed by atoms with Crippen molar-refractivity contribution in [3.8, 4) is 0 Å². The molecule has 20 heavy (non-hydrogen) atoms. The van der Waals surface area contributed by atoms with Gasteiger partial charge in [0.2, 0.25) is 0 Å². The summed E-state index contributed by atoms with van der Waals surface area (Å²) in [5.74, 6) is -0.0163. The standard InChI is InChI=1S/C14H24N4O.ClH/c1-14(2,3)12-9-11(18(4)17-12)13(19)16-10-5-7-15-8-6-10;/h9-10,15H,5-8H2,1-4H3,(H,16,19);1H. The van der Waals surface area contributed by atoms with Gasteiger partial charge in [0, 0.05) is 18.5 Å². The van der Waals surface area contributed by atoms with E-state index in [1.165, 1.54) is 0 Å². The van der Waals surface area contributed by atoms with E-state index in [0.717, 1.165) is 31.6 Å². The first-order valence-corrected chi connectivity index (χ1v) is 6.94. The molecule has 1 aliphatic rings. The van der Waals surface area contributed by atoms with Crippen LogP contribution >= 0.6 is 12.4 Å². The number of hydrogen-bond acceptors (Lipinski definition) is 3. The molecule has 6 heteroatoms. The topological polar surface area (TPSA) is 59.0 Å². The van der Waals surface area contributed by atoms with Gasteiger partial charge in [-0.15, -0.1) is 12.4 Å². The van der Waals surface area contributed by atoms with Gasteiger partial charge in [0.1, 0.15) is 5.69 Å². The molecular weight excluding hydrogens is 276 g/mol. The molecule has 0 aliphatic carbocycles. The molecule has 2 heterocycles. The molecule has 0 unspecified atom stereocenters. The number of carbonyl (C=O) groups excluding carboxylic acids is 1. The molecule has 1 aliphatic heterocycles. The predicted octanol–water partition coefficient (Wildman–Crippen LogP) is 1.62. The lowest BCUT2D eigenvalue weighted by molar-refractivity contribution is 0.0920. The first-order valence-electron chi connectivity index (χ1n) is 6.94. The van der Waals surface area contributed by atoms with E-state index in [4.69, 9.17) is 0 Å². The van der Waals surface area contributed by atoms with Crippen molar-refractivity contribution >= 4 is 18.3 Å². The molecule has 1 aromatic rings. The molecular formula is C14H25ClN4O. The lowest BCUT2D eigenvalue weighted by atomic mass is 9.92. The number of nitrogens with one attached hydrogen (secondary N) is 2. The van der Waals surface area contributed by atoms with Crippen molar-refractivity contribution in [1.82, 2.24) is 20.4 Å². The van der Waals surface area contributed by atoms with E-state index in [9.17, 15) is 4.79 Å². The molecule has 1 amide bonds. The first kappa shape index (κ1) is 17.0. The third-order valence-electron chi connectivity index (χ3n) is 3.56. The number of carbonyl (C=O) groups is 1. The van der Waals surface area contributed by atoms with Crippen molar-refractivity contribution in [3.05, 3.63) is 17.5 Å². The number of amides is 1. The molecule has 2 rings (SSSR count). The predicted molar refractivity (Wildman–Crippen MR) is 82.5 cm³/mol. The number of rotatable bonds is 2. The van der Waals surface area contributed by atoms with Gasteiger partial charge in [-0.05, 0) is 32.0 Å². The van der Waals surface area contributed by atoms with Crippen LogP contribution in [0.25, 0.3) is 0 Å². The molecule has 0 radical (unpaired) electrons. The van der Waals surface area contributed by atoms with E-state index >= 15 is 0 Å². The molecule has 2 N–H and O–H groups in total. The highest BCUT2D eigenvalue weighted by Crippen LogP contribution is 2.21. The van der Waals surface area contributed by atoms with Crippen molar-refractivity contribution < 1.29 is 4.79 Å². The van der Waals surface area contributed by atoms with Gasteiger partial charge in [0.15, 0.2) is 0 Å². The van der Waals surface area contributed by atoms with E-state index in [1.807, 2.05) is 13.1 Å². The summed E-state index contributed by atoms with van der Waals surface area (Å²) in [4.78, 5) is 12.3. The minimum absolute atomic E-state index is 0. The monoisotopic (exact) mass is 300 g/mol. The summed E-state index contributed by atoms with van der Waals surface area (Å²) in [5, 5.41) is 10.8. The van der Waals surface area contributed by atoms with Gasteiger partial charge in [-0.2, -0.15) is 5.10 Å². The molecule has 0 saturated carbocycles. The molecule has 1 aromatic heterocycles. The second-order valence-electron chi connectivity index (χ2n) is 6.29. The highest BCUT2D eigenvalue weighted by Gasteiger charge is 2.23. The summed E-state index contributed by atoms with van der Waals surface area (Å²) >= 11 is 0. The summed E-state index contributed by atoms with van der Waals surface area (Å²) in [5.41, 5.74) is 1.55. The highest BCUT2D eigenvalue weighted by atomic mass is 35.5. The van der Waals surface area contributed by atoms with Crippen LogP contribution < -0.4 is 10.6 Å². The van der Waals surface area contributed by atoms with Crippen LogP contribution in [0.3, 0.4) is 0 Å². The fourth-order valence-electron chi connectivity index (χ4n) is 2.27. The van der Waals surface area contributed by atoms with Crippen LogP contribution in [0.4, 0.5) is 0 Å².